The Morgan fingerprint density at radius 2 is 1.61 bits per heavy atom. The molecule has 2 aromatic carbocycles. The second-order valence-electron chi connectivity index (χ2n) is 5.42. The number of rotatable bonds is 6. The van der Waals surface area contributed by atoms with E-state index >= 15 is 0 Å². The third kappa shape index (κ3) is 4.57. The van der Waals surface area contributed by atoms with Gasteiger partial charge in [0.2, 0.25) is 10.0 Å². The maximum absolute atomic E-state index is 13.5. The van der Waals surface area contributed by atoms with Gasteiger partial charge in [0.1, 0.15) is 17.2 Å². The smallest absolute Gasteiger partial charge is 0.216 e. The average Bonchev–Trinajstić information content (AvgIpc) is 2.50. The van der Waals surface area contributed by atoms with Gasteiger partial charge in [-0.05, 0) is 24.6 Å². The second kappa shape index (κ2) is 6.74. The zero-order valence-corrected chi connectivity index (χ0v) is 13.3. The lowest BCUT2D eigenvalue weighted by Crippen LogP contribution is -2.39. The first-order valence-corrected chi connectivity index (χ1v) is 8.55. The molecule has 1 unspecified atom stereocenters. The minimum atomic E-state index is -4.01. The van der Waals surface area contributed by atoms with Crippen LogP contribution in [-0.2, 0) is 21.4 Å². The Morgan fingerprint density at radius 3 is 2.17 bits per heavy atom. The molecule has 0 spiro atoms. The normalized spacial score (nSPS) is 14.4. The molecule has 0 heterocycles. The zero-order chi connectivity index (χ0) is 17.1. The number of nitrogens with one attached hydrogen (secondary N) is 1. The highest BCUT2D eigenvalue weighted by molar-refractivity contribution is 7.88. The Hall–Kier alpha value is -1.83. The number of aliphatic hydroxyl groups is 1. The quantitative estimate of drug-likeness (QED) is 0.847. The van der Waals surface area contributed by atoms with E-state index in [1.807, 2.05) is 0 Å². The van der Waals surface area contributed by atoms with Crippen molar-refractivity contribution < 1.29 is 22.3 Å². The van der Waals surface area contributed by atoms with E-state index < -0.39 is 38.6 Å². The molecule has 0 radical (unpaired) electrons. The molecule has 0 saturated carbocycles. The van der Waals surface area contributed by atoms with Crippen molar-refractivity contribution in [3.63, 3.8) is 0 Å². The molecular weight excluding hydrogens is 324 g/mol. The van der Waals surface area contributed by atoms with Gasteiger partial charge in [-0.3, -0.25) is 0 Å². The number of benzene rings is 2. The van der Waals surface area contributed by atoms with Crippen LogP contribution in [0.4, 0.5) is 8.78 Å². The summed E-state index contributed by atoms with van der Waals surface area (Å²) in [4.78, 5) is 0. The molecule has 124 valence electrons. The van der Waals surface area contributed by atoms with Gasteiger partial charge in [-0.25, -0.2) is 21.9 Å². The molecule has 0 bridgehead atoms. The molecule has 4 nitrogen and oxygen atoms in total. The highest BCUT2D eigenvalue weighted by atomic mass is 32.2. The van der Waals surface area contributed by atoms with Gasteiger partial charge in [-0.2, -0.15) is 0 Å². The number of hydrogen-bond acceptors (Lipinski definition) is 3. The van der Waals surface area contributed by atoms with Gasteiger partial charge in [0.15, 0.2) is 0 Å². The van der Waals surface area contributed by atoms with E-state index in [4.69, 9.17) is 0 Å². The van der Waals surface area contributed by atoms with Crippen molar-refractivity contribution in [2.45, 2.75) is 18.3 Å². The summed E-state index contributed by atoms with van der Waals surface area (Å²) >= 11 is 0. The van der Waals surface area contributed by atoms with Gasteiger partial charge >= 0.3 is 0 Å². The van der Waals surface area contributed by atoms with Gasteiger partial charge < -0.3 is 5.11 Å². The molecule has 0 aliphatic rings. The Labute approximate surface area is 133 Å². The zero-order valence-electron chi connectivity index (χ0n) is 12.5. The molecule has 0 saturated heterocycles. The maximum Gasteiger partial charge on any atom is 0.216 e. The van der Waals surface area contributed by atoms with Crippen LogP contribution in [0.3, 0.4) is 0 Å². The summed E-state index contributed by atoms with van der Waals surface area (Å²) in [5.74, 6) is -2.69. The lowest BCUT2D eigenvalue weighted by Gasteiger charge is -2.24. The van der Waals surface area contributed by atoms with Crippen molar-refractivity contribution in [3.05, 3.63) is 71.3 Å². The van der Waals surface area contributed by atoms with E-state index in [9.17, 15) is 22.3 Å². The van der Waals surface area contributed by atoms with E-state index in [1.54, 1.807) is 30.3 Å². The van der Waals surface area contributed by atoms with Crippen LogP contribution in [0.2, 0.25) is 0 Å². The van der Waals surface area contributed by atoms with Crippen LogP contribution in [0, 0.1) is 11.6 Å². The molecule has 7 heteroatoms. The first-order chi connectivity index (χ1) is 10.7. The van der Waals surface area contributed by atoms with Crippen LogP contribution in [0.1, 0.15) is 18.1 Å². The van der Waals surface area contributed by atoms with E-state index in [0.717, 1.165) is 18.2 Å². The van der Waals surface area contributed by atoms with Gasteiger partial charge in [-0.1, -0.05) is 36.4 Å². The summed E-state index contributed by atoms with van der Waals surface area (Å²) in [5.41, 5.74) is -1.44. The van der Waals surface area contributed by atoms with Crippen LogP contribution in [0.5, 0.6) is 0 Å². The van der Waals surface area contributed by atoms with Gasteiger partial charge in [-0.15, -0.1) is 0 Å². The SMILES string of the molecule is CC(O)(CNS(=O)(=O)Cc1c(F)cccc1F)c1ccccc1. The molecule has 1 atom stereocenters. The molecule has 0 fully saturated rings. The molecule has 23 heavy (non-hydrogen) atoms. The summed E-state index contributed by atoms with van der Waals surface area (Å²) in [7, 11) is -4.01. The Bertz CT molecular complexity index is 757. The van der Waals surface area contributed by atoms with Crippen LogP contribution in [-0.4, -0.2) is 20.1 Å². The average molecular weight is 341 g/mol. The van der Waals surface area contributed by atoms with Crippen molar-refractivity contribution in [1.82, 2.24) is 4.72 Å². The van der Waals surface area contributed by atoms with Gasteiger partial charge in [0, 0.05) is 12.1 Å². The lowest BCUT2D eigenvalue weighted by molar-refractivity contribution is 0.0627. The summed E-state index contributed by atoms with van der Waals surface area (Å²) in [6.07, 6.45) is 0. The van der Waals surface area contributed by atoms with E-state index in [1.165, 1.54) is 6.92 Å². The second-order valence-corrected chi connectivity index (χ2v) is 7.23. The molecular formula is C16H17F2NO3S. The highest BCUT2D eigenvalue weighted by Crippen LogP contribution is 2.20. The predicted molar refractivity (Wildman–Crippen MR) is 83.0 cm³/mol. The van der Waals surface area contributed by atoms with Crippen molar-refractivity contribution in [3.8, 4) is 0 Å². The van der Waals surface area contributed by atoms with Crippen LogP contribution in [0.15, 0.2) is 48.5 Å². The largest absolute Gasteiger partial charge is 0.384 e. The fourth-order valence-corrected chi connectivity index (χ4v) is 3.32. The minimum absolute atomic E-state index is 0.310. The van der Waals surface area contributed by atoms with Crippen molar-refractivity contribution >= 4 is 10.0 Å². The fraction of sp³-hybridized carbons (Fsp3) is 0.250. The van der Waals surface area contributed by atoms with Crippen molar-refractivity contribution in [2.75, 3.05) is 6.54 Å². The predicted octanol–water partition coefficient (Wildman–Crippen LogP) is 2.29. The monoisotopic (exact) mass is 341 g/mol. The highest BCUT2D eigenvalue weighted by Gasteiger charge is 2.26. The summed E-state index contributed by atoms with van der Waals surface area (Å²) in [6, 6.07) is 11.7. The lowest BCUT2D eigenvalue weighted by atomic mass is 9.97. The van der Waals surface area contributed by atoms with E-state index in [-0.39, 0.29) is 6.54 Å². The Morgan fingerprint density at radius 1 is 1.04 bits per heavy atom. The third-order valence-corrected chi connectivity index (χ3v) is 4.68. The molecule has 0 aliphatic heterocycles. The third-order valence-electron chi connectivity index (χ3n) is 3.43. The molecule has 0 aliphatic carbocycles. The topological polar surface area (TPSA) is 66.4 Å². The number of halogens is 2. The number of hydrogen-bond donors (Lipinski definition) is 2. The standard InChI is InChI=1S/C16H17F2NO3S/c1-16(20,12-6-3-2-4-7-12)11-19-23(21,22)10-13-14(17)8-5-9-15(13)18/h2-9,19-20H,10-11H2,1H3. The van der Waals surface area contributed by atoms with E-state index in [2.05, 4.69) is 4.72 Å². The molecule has 2 rings (SSSR count). The Balaban J connectivity index is 2.10. The molecule has 2 aromatic rings. The van der Waals surface area contributed by atoms with Gasteiger partial charge in [0.25, 0.3) is 0 Å². The minimum Gasteiger partial charge on any atom is -0.384 e. The molecule has 0 amide bonds. The van der Waals surface area contributed by atoms with Crippen LogP contribution in [0.25, 0.3) is 0 Å². The summed E-state index contributed by atoms with van der Waals surface area (Å²) in [6.45, 7) is 1.14. The maximum atomic E-state index is 13.5. The summed E-state index contributed by atoms with van der Waals surface area (Å²) < 4.78 is 53.3. The summed E-state index contributed by atoms with van der Waals surface area (Å²) in [5, 5.41) is 10.3. The fourth-order valence-electron chi connectivity index (χ4n) is 2.06. The van der Waals surface area contributed by atoms with Crippen LogP contribution >= 0.6 is 0 Å². The Kier molecular flexibility index (Phi) is 5.13. The van der Waals surface area contributed by atoms with E-state index in [0.29, 0.717) is 5.56 Å². The van der Waals surface area contributed by atoms with Crippen molar-refractivity contribution in [1.29, 1.82) is 0 Å². The molecule has 2 N–H and O–H groups in total. The van der Waals surface area contributed by atoms with Crippen molar-refractivity contribution in [2.24, 2.45) is 0 Å². The van der Waals surface area contributed by atoms with Gasteiger partial charge in [0.05, 0.1) is 5.75 Å². The molecule has 0 aromatic heterocycles. The first-order valence-electron chi connectivity index (χ1n) is 6.89. The first kappa shape index (κ1) is 17.5. The van der Waals surface area contributed by atoms with Crippen LogP contribution < -0.4 is 4.72 Å². The number of sulfonamides is 1.